The lowest BCUT2D eigenvalue weighted by atomic mass is 9.95. The van der Waals surface area contributed by atoms with E-state index in [0.717, 1.165) is 50.5 Å². The monoisotopic (exact) mass is 432 g/mol. The molecule has 2 N–H and O–H groups in total. The van der Waals surface area contributed by atoms with Crippen LogP contribution >= 0.6 is 0 Å². The highest BCUT2D eigenvalue weighted by atomic mass is 32.2. The fourth-order valence-electron chi connectivity index (χ4n) is 4.56. The molecule has 2 fully saturated rings. The largest absolute Gasteiger partial charge is 0.357 e. The van der Waals surface area contributed by atoms with Gasteiger partial charge in [0.15, 0.2) is 5.96 Å². The molecule has 0 amide bonds. The van der Waals surface area contributed by atoms with Gasteiger partial charge in [-0.25, -0.2) is 4.99 Å². The third-order valence-corrected chi connectivity index (χ3v) is 8.01. The van der Waals surface area contributed by atoms with E-state index < -0.39 is 10.8 Å². The minimum atomic E-state index is -0.695. The van der Waals surface area contributed by atoms with Gasteiger partial charge in [0.1, 0.15) is 0 Å². The number of nitrogens with zero attached hydrogens (tertiary/aromatic N) is 2. The number of hydrogen-bond donors (Lipinski definition) is 2. The third kappa shape index (κ3) is 7.38. The maximum atomic E-state index is 12.2. The van der Waals surface area contributed by atoms with Crippen LogP contribution in [0.25, 0.3) is 0 Å². The fraction of sp³-hybridized carbons (Fsp3) is 0.708. The molecule has 3 rings (SSSR count). The molecular weight excluding hydrogens is 392 g/mol. The van der Waals surface area contributed by atoms with Crippen molar-refractivity contribution in [1.29, 1.82) is 0 Å². The van der Waals surface area contributed by atoms with Gasteiger partial charge in [-0.2, -0.15) is 0 Å². The maximum Gasteiger partial charge on any atom is 0.191 e. The number of piperidine rings is 1. The van der Waals surface area contributed by atoms with Crippen LogP contribution in [0.5, 0.6) is 0 Å². The third-order valence-electron chi connectivity index (χ3n) is 6.27. The van der Waals surface area contributed by atoms with E-state index in [1.807, 2.05) is 6.92 Å². The number of guanidine groups is 1. The van der Waals surface area contributed by atoms with E-state index in [1.165, 1.54) is 43.5 Å². The smallest absolute Gasteiger partial charge is 0.191 e. The summed E-state index contributed by atoms with van der Waals surface area (Å²) < 4.78 is 12.2. The first kappa shape index (κ1) is 23.3. The molecule has 3 atom stereocenters. The lowest BCUT2D eigenvalue weighted by molar-refractivity contribution is 0.221. The zero-order valence-corrected chi connectivity index (χ0v) is 19.7. The van der Waals surface area contributed by atoms with Crippen molar-refractivity contribution in [1.82, 2.24) is 15.5 Å². The van der Waals surface area contributed by atoms with E-state index in [-0.39, 0.29) is 0 Å². The Morgan fingerprint density at radius 2 is 1.80 bits per heavy atom. The molecule has 6 heteroatoms. The van der Waals surface area contributed by atoms with Crippen molar-refractivity contribution in [3.63, 3.8) is 0 Å². The SMILES string of the molecule is CCNC(=NCc1ccc(CN2CCCCC2)cc1)NC1CCCC(S(=O)CC)C1. The van der Waals surface area contributed by atoms with E-state index in [9.17, 15) is 4.21 Å². The minimum absolute atomic E-state index is 0.330. The topological polar surface area (TPSA) is 56.7 Å². The molecule has 0 bridgehead atoms. The van der Waals surface area contributed by atoms with Crippen LogP contribution in [0.1, 0.15) is 69.9 Å². The van der Waals surface area contributed by atoms with E-state index >= 15 is 0 Å². The van der Waals surface area contributed by atoms with E-state index in [2.05, 4.69) is 46.7 Å². The highest BCUT2D eigenvalue weighted by Gasteiger charge is 2.26. The molecule has 1 saturated heterocycles. The van der Waals surface area contributed by atoms with Gasteiger partial charge < -0.3 is 10.6 Å². The summed E-state index contributed by atoms with van der Waals surface area (Å²) in [5, 5.41) is 7.31. The fourth-order valence-corrected chi connectivity index (χ4v) is 5.91. The van der Waals surface area contributed by atoms with Gasteiger partial charge in [0.25, 0.3) is 0 Å². The van der Waals surface area contributed by atoms with Crippen molar-refractivity contribution in [3.05, 3.63) is 35.4 Å². The van der Waals surface area contributed by atoms with Gasteiger partial charge >= 0.3 is 0 Å². The van der Waals surface area contributed by atoms with Crippen LogP contribution < -0.4 is 10.6 Å². The molecule has 2 aliphatic rings. The summed E-state index contributed by atoms with van der Waals surface area (Å²) in [6.07, 6.45) is 8.41. The lowest BCUT2D eigenvalue weighted by Crippen LogP contribution is -2.46. The second-order valence-electron chi connectivity index (χ2n) is 8.65. The van der Waals surface area contributed by atoms with Crippen LogP contribution in [0.15, 0.2) is 29.3 Å². The molecule has 0 aromatic heterocycles. The quantitative estimate of drug-likeness (QED) is 0.484. The molecule has 1 aromatic carbocycles. The summed E-state index contributed by atoms with van der Waals surface area (Å²) in [4.78, 5) is 7.38. The second kappa shape index (κ2) is 12.5. The normalized spacial score (nSPS) is 24.4. The van der Waals surface area contributed by atoms with Gasteiger partial charge in [-0.15, -0.1) is 0 Å². The van der Waals surface area contributed by atoms with Crippen LogP contribution in [0.2, 0.25) is 0 Å². The summed E-state index contributed by atoms with van der Waals surface area (Å²) in [5.41, 5.74) is 2.63. The second-order valence-corrected chi connectivity index (χ2v) is 10.7. The summed E-state index contributed by atoms with van der Waals surface area (Å²) in [6.45, 7) is 9.18. The molecular formula is C24H40N4OS. The summed E-state index contributed by atoms with van der Waals surface area (Å²) in [7, 11) is -0.695. The summed E-state index contributed by atoms with van der Waals surface area (Å²) in [5.74, 6) is 1.64. The summed E-state index contributed by atoms with van der Waals surface area (Å²) in [6, 6.07) is 9.31. The number of hydrogen-bond acceptors (Lipinski definition) is 3. The first-order valence-corrected chi connectivity index (χ1v) is 13.3. The Balaban J connectivity index is 1.53. The molecule has 0 spiro atoms. The van der Waals surface area contributed by atoms with Gasteiger partial charge in [-0.3, -0.25) is 9.11 Å². The zero-order valence-electron chi connectivity index (χ0n) is 18.9. The van der Waals surface area contributed by atoms with Crippen molar-refractivity contribution in [2.45, 2.75) is 83.2 Å². The van der Waals surface area contributed by atoms with Gasteiger partial charge in [0, 0.05) is 40.9 Å². The van der Waals surface area contributed by atoms with Gasteiger partial charge in [-0.1, -0.05) is 44.0 Å². The molecule has 30 heavy (non-hydrogen) atoms. The predicted octanol–water partition coefficient (Wildman–Crippen LogP) is 3.81. The standard InChI is InChI=1S/C24H40N4OS/c1-3-25-24(27-22-9-8-10-23(17-22)30(29)4-2)26-18-20-11-13-21(14-12-20)19-28-15-6-5-7-16-28/h11-14,22-23H,3-10,15-19H2,1-2H3,(H2,25,26,27). The van der Waals surface area contributed by atoms with E-state index in [0.29, 0.717) is 17.8 Å². The average molecular weight is 433 g/mol. The molecule has 1 heterocycles. The number of nitrogens with one attached hydrogen (secondary N) is 2. The van der Waals surface area contributed by atoms with Gasteiger partial charge in [0.2, 0.25) is 0 Å². The Morgan fingerprint density at radius 3 is 2.50 bits per heavy atom. The Hall–Kier alpha value is -1.40. The Kier molecular flexibility index (Phi) is 9.66. The lowest BCUT2D eigenvalue weighted by Gasteiger charge is -2.30. The van der Waals surface area contributed by atoms with Crippen molar-refractivity contribution < 1.29 is 4.21 Å². The molecule has 0 radical (unpaired) electrons. The Morgan fingerprint density at radius 1 is 1.07 bits per heavy atom. The zero-order chi connectivity index (χ0) is 21.2. The van der Waals surface area contributed by atoms with Gasteiger partial charge in [-0.05, 0) is 63.2 Å². The van der Waals surface area contributed by atoms with Crippen molar-refractivity contribution >= 4 is 16.8 Å². The predicted molar refractivity (Wildman–Crippen MR) is 128 cm³/mol. The van der Waals surface area contributed by atoms with Crippen molar-refractivity contribution in [2.24, 2.45) is 4.99 Å². The number of rotatable bonds is 8. The number of aliphatic imine (C=N–C) groups is 1. The van der Waals surface area contributed by atoms with E-state index in [4.69, 9.17) is 4.99 Å². The maximum absolute atomic E-state index is 12.2. The van der Waals surface area contributed by atoms with Crippen LogP contribution in [0.3, 0.4) is 0 Å². The minimum Gasteiger partial charge on any atom is -0.357 e. The van der Waals surface area contributed by atoms with Crippen LogP contribution in [-0.2, 0) is 23.9 Å². The first-order valence-electron chi connectivity index (χ1n) is 11.9. The molecule has 1 aliphatic carbocycles. The van der Waals surface area contributed by atoms with Crippen LogP contribution in [0, 0.1) is 0 Å². The Labute approximate surface area is 185 Å². The molecule has 5 nitrogen and oxygen atoms in total. The van der Waals surface area contributed by atoms with Crippen molar-refractivity contribution in [3.8, 4) is 0 Å². The number of likely N-dealkylation sites (tertiary alicyclic amines) is 1. The van der Waals surface area contributed by atoms with Crippen molar-refractivity contribution in [2.75, 3.05) is 25.4 Å². The number of benzene rings is 1. The van der Waals surface area contributed by atoms with Crippen LogP contribution in [-0.4, -0.2) is 51.7 Å². The molecule has 1 aromatic rings. The molecule has 3 unspecified atom stereocenters. The van der Waals surface area contributed by atoms with E-state index in [1.54, 1.807) is 0 Å². The van der Waals surface area contributed by atoms with Crippen LogP contribution in [0.4, 0.5) is 0 Å². The molecule has 1 aliphatic heterocycles. The molecule has 1 saturated carbocycles. The first-order chi connectivity index (χ1) is 14.7. The Bertz CT molecular complexity index is 685. The summed E-state index contributed by atoms with van der Waals surface area (Å²) >= 11 is 0. The highest BCUT2D eigenvalue weighted by Crippen LogP contribution is 2.23. The average Bonchev–Trinajstić information content (AvgIpc) is 2.79. The highest BCUT2D eigenvalue weighted by molar-refractivity contribution is 7.85. The van der Waals surface area contributed by atoms with Gasteiger partial charge in [0.05, 0.1) is 6.54 Å². The molecule has 168 valence electrons.